The van der Waals surface area contributed by atoms with Crippen molar-refractivity contribution in [2.45, 2.75) is 6.54 Å². The maximum Gasteiger partial charge on any atom is 0.294 e. The first-order valence-corrected chi connectivity index (χ1v) is 13.1. The molecule has 6 nitrogen and oxygen atoms in total. The van der Waals surface area contributed by atoms with Gasteiger partial charge in [0.2, 0.25) is 5.91 Å². The van der Waals surface area contributed by atoms with Crippen LogP contribution in [0, 0.1) is 5.82 Å². The molecule has 37 heavy (non-hydrogen) atoms. The average molecular weight is 599 g/mol. The van der Waals surface area contributed by atoms with Gasteiger partial charge in [-0.3, -0.25) is 19.3 Å². The van der Waals surface area contributed by atoms with Gasteiger partial charge in [0.05, 0.1) is 10.6 Å². The Hall–Kier alpha value is -3.40. The van der Waals surface area contributed by atoms with E-state index in [4.69, 9.17) is 11.6 Å². The number of thioether (sulfide) groups is 1. The minimum atomic E-state index is -0.532. The average Bonchev–Trinajstić information content (AvgIpc) is 3.34. The zero-order valence-electron chi connectivity index (χ0n) is 19.1. The molecule has 1 saturated heterocycles. The molecule has 0 radical (unpaired) electrons. The van der Waals surface area contributed by atoms with Crippen LogP contribution in [-0.4, -0.2) is 33.1 Å². The fourth-order valence-electron chi connectivity index (χ4n) is 4.03. The third kappa shape index (κ3) is 5.34. The fourth-order valence-corrected chi connectivity index (χ4v) is 5.47. The predicted octanol–water partition coefficient (Wildman–Crippen LogP) is 6.92. The number of benzene rings is 3. The van der Waals surface area contributed by atoms with Crippen molar-refractivity contribution in [2.75, 3.05) is 11.9 Å². The van der Waals surface area contributed by atoms with Crippen LogP contribution in [0.4, 0.5) is 14.9 Å². The highest BCUT2D eigenvalue weighted by molar-refractivity contribution is 9.10. The Balaban J connectivity index is 1.39. The van der Waals surface area contributed by atoms with Gasteiger partial charge < -0.3 is 9.88 Å². The van der Waals surface area contributed by atoms with Crippen LogP contribution in [-0.2, 0) is 16.1 Å². The number of imide groups is 1. The third-order valence-corrected chi connectivity index (χ3v) is 7.74. The van der Waals surface area contributed by atoms with Gasteiger partial charge in [0.25, 0.3) is 11.1 Å². The number of rotatable bonds is 6. The second-order valence-electron chi connectivity index (χ2n) is 8.26. The molecule has 2 heterocycles. The van der Waals surface area contributed by atoms with Crippen molar-refractivity contribution < 1.29 is 18.8 Å². The largest absolute Gasteiger partial charge is 0.342 e. The molecule has 0 spiro atoms. The number of halogens is 3. The quantitative estimate of drug-likeness (QED) is 0.245. The van der Waals surface area contributed by atoms with Crippen molar-refractivity contribution in [3.05, 3.63) is 104 Å². The number of hydrogen-bond acceptors (Lipinski definition) is 4. The van der Waals surface area contributed by atoms with Crippen LogP contribution >= 0.6 is 39.3 Å². The van der Waals surface area contributed by atoms with Crippen LogP contribution in [0.5, 0.6) is 0 Å². The minimum absolute atomic E-state index is 0.224. The molecular formula is C27H18BrClFN3O3S. The molecule has 10 heteroatoms. The molecule has 1 N–H and O–H groups in total. The molecule has 4 aromatic rings. The van der Waals surface area contributed by atoms with E-state index >= 15 is 0 Å². The van der Waals surface area contributed by atoms with Crippen molar-refractivity contribution in [1.29, 1.82) is 0 Å². The summed E-state index contributed by atoms with van der Waals surface area (Å²) in [7, 11) is 0. The highest BCUT2D eigenvalue weighted by atomic mass is 79.9. The van der Waals surface area contributed by atoms with E-state index in [0.29, 0.717) is 21.7 Å². The predicted molar refractivity (Wildman–Crippen MR) is 148 cm³/mol. The lowest BCUT2D eigenvalue weighted by Gasteiger charge is -2.13. The molecule has 186 valence electrons. The Morgan fingerprint density at radius 3 is 2.62 bits per heavy atom. The summed E-state index contributed by atoms with van der Waals surface area (Å²) in [6.45, 7) is -0.00166. The van der Waals surface area contributed by atoms with Gasteiger partial charge in [-0.25, -0.2) is 4.39 Å². The lowest BCUT2D eigenvalue weighted by atomic mass is 10.1. The van der Waals surface area contributed by atoms with Crippen molar-refractivity contribution >= 4 is 79.0 Å². The summed E-state index contributed by atoms with van der Waals surface area (Å²) in [5.74, 6) is -1.42. The standard InChI is InChI=1S/C27H18BrClFN3O3S/c28-20-6-2-3-7-22(20)31-25(34)15-33-26(35)24(37-27(33)36)11-17-14-32(23-8-4-1-5-19(17)23)13-16-9-10-18(30)12-21(16)29/h1-12,14H,13,15H2,(H,31,34)/b24-11-. The minimum Gasteiger partial charge on any atom is -0.342 e. The molecule has 0 unspecified atom stereocenters. The van der Waals surface area contributed by atoms with E-state index in [-0.39, 0.29) is 4.91 Å². The number of fused-ring (bicyclic) bond motifs is 1. The van der Waals surface area contributed by atoms with Gasteiger partial charge in [-0.2, -0.15) is 0 Å². The lowest BCUT2D eigenvalue weighted by molar-refractivity contribution is -0.127. The van der Waals surface area contributed by atoms with Crippen molar-refractivity contribution in [1.82, 2.24) is 9.47 Å². The lowest BCUT2D eigenvalue weighted by Crippen LogP contribution is -2.36. The molecule has 0 atom stereocenters. The second kappa shape index (κ2) is 10.5. The molecule has 0 saturated carbocycles. The highest BCUT2D eigenvalue weighted by Crippen LogP contribution is 2.34. The van der Waals surface area contributed by atoms with E-state index in [2.05, 4.69) is 21.2 Å². The van der Waals surface area contributed by atoms with Gasteiger partial charge in [-0.1, -0.05) is 48.0 Å². The SMILES string of the molecule is O=C(CN1C(=O)S/C(=C\c2cn(Cc3ccc(F)cc3Cl)c3ccccc23)C1=O)Nc1ccccc1Br. The smallest absolute Gasteiger partial charge is 0.294 e. The van der Waals surface area contributed by atoms with E-state index < -0.39 is 29.4 Å². The summed E-state index contributed by atoms with van der Waals surface area (Å²) in [4.78, 5) is 39.3. The zero-order chi connectivity index (χ0) is 26.1. The molecule has 1 aliphatic rings. The molecular weight excluding hydrogens is 581 g/mol. The van der Waals surface area contributed by atoms with Crippen molar-refractivity contribution in [3.63, 3.8) is 0 Å². The first kappa shape index (κ1) is 25.3. The Kier molecular flexibility index (Phi) is 7.19. The normalized spacial score (nSPS) is 14.7. The van der Waals surface area contributed by atoms with E-state index in [0.717, 1.165) is 38.7 Å². The van der Waals surface area contributed by atoms with Crippen molar-refractivity contribution in [3.8, 4) is 0 Å². The van der Waals surface area contributed by atoms with Crippen LogP contribution in [0.25, 0.3) is 17.0 Å². The maximum atomic E-state index is 13.5. The van der Waals surface area contributed by atoms with Gasteiger partial charge in [0.15, 0.2) is 0 Å². The summed E-state index contributed by atoms with van der Waals surface area (Å²) in [6.07, 6.45) is 3.51. The van der Waals surface area contributed by atoms with Crippen molar-refractivity contribution in [2.24, 2.45) is 0 Å². The van der Waals surface area contributed by atoms with Crippen LogP contribution in [0.2, 0.25) is 5.02 Å². The number of amides is 3. The maximum absolute atomic E-state index is 13.5. The van der Waals surface area contributed by atoms with E-state index in [1.54, 1.807) is 30.3 Å². The van der Waals surface area contributed by atoms with Gasteiger partial charge in [-0.05, 0) is 69.7 Å². The summed E-state index contributed by atoms with van der Waals surface area (Å²) in [5.41, 5.74) is 2.91. The van der Waals surface area contributed by atoms with E-state index in [1.165, 1.54) is 12.1 Å². The van der Waals surface area contributed by atoms with E-state index in [9.17, 15) is 18.8 Å². The number of carbonyl (C=O) groups is 3. The number of hydrogen-bond donors (Lipinski definition) is 1. The summed E-state index contributed by atoms with van der Waals surface area (Å²) >= 11 is 10.4. The fraction of sp³-hybridized carbons (Fsp3) is 0.0741. The number of anilines is 1. The summed E-state index contributed by atoms with van der Waals surface area (Å²) in [6, 6.07) is 19.0. The first-order valence-electron chi connectivity index (χ1n) is 11.1. The summed E-state index contributed by atoms with van der Waals surface area (Å²) in [5, 5.41) is 3.38. The Morgan fingerprint density at radius 2 is 1.84 bits per heavy atom. The number of nitrogens with zero attached hydrogens (tertiary/aromatic N) is 2. The Bertz CT molecular complexity index is 1600. The summed E-state index contributed by atoms with van der Waals surface area (Å²) < 4.78 is 16.1. The van der Waals surface area contributed by atoms with Crippen LogP contribution in [0.3, 0.4) is 0 Å². The molecule has 1 fully saturated rings. The zero-order valence-corrected chi connectivity index (χ0v) is 22.2. The Labute approximate surface area is 229 Å². The van der Waals surface area contributed by atoms with Crippen LogP contribution < -0.4 is 5.32 Å². The molecule has 5 rings (SSSR count). The molecule has 0 bridgehead atoms. The highest BCUT2D eigenvalue weighted by Gasteiger charge is 2.36. The van der Waals surface area contributed by atoms with Gasteiger partial charge >= 0.3 is 0 Å². The molecule has 3 amide bonds. The van der Waals surface area contributed by atoms with Gasteiger partial charge in [-0.15, -0.1) is 0 Å². The molecule has 1 aliphatic heterocycles. The number of para-hydroxylation sites is 2. The van der Waals surface area contributed by atoms with Crippen LogP contribution in [0.15, 0.2) is 82.3 Å². The molecule has 1 aromatic heterocycles. The van der Waals surface area contributed by atoms with Gasteiger partial charge in [0.1, 0.15) is 12.4 Å². The van der Waals surface area contributed by atoms with Gasteiger partial charge in [0, 0.05) is 38.7 Å². The number of nitrogens with one attached hydrogen (secondary N) is 1. The van der Waals surface area contributed by atoms with E-state index in [1.807, 2.05) is 41.1 Å². The number of carbonyl (C=O) groups excluding carboxylic acids is 3. The monoisotopic (exact) mass is 597 g/mol. The Morgan fingerprint density at radius 1 is 1.08 bits per heavy atom. The second-order valence-corrected chi connectivity index (χ2v) is 10.5. The topological polar surface area (TPSA) is 71.4 Å². The number of aromatic nitrogens is 1. The van der Waals surface area contributed by atoms with Crippen LogP contribution in [0.1, 0.15) is 11.1 Å². The first-order chi connectivity index (χ1) is 17.8. The molecule has 0 aliphatic carbocycles. The third-order valence-electron chi connectivity index (χ3n) is 5.79. The molecule has 3 aromatic carbocycles.